The van der Waals surface area contributed by atoms with Crippen molar-refractivity contribution in [2.75, 3.05) is 0 Å². The molecule has 2 atom stereocenters. The van der Waals surface area contributed by atoms with Crippen LogP contribution in [0.4, 0.5) is 0 Å². The van der Waals surface area contributed by atoms with Crippen LogP contribution in [0.2, 0.25) is 0 Å². The predicted molar refractivity (Wildman–Crippen MR) is 194 cm³/mol. The minimum Gasteiger partial charge on any atom is -0.456 e. The summed E-state index contributed by atoms with van der Waals surface area (Å²) in [4.78, 5) is 0. The van der Waals surface area contributed by atoms with Crippen molar-refractivity contribution in [1.82, 2.24) is 0 Å². The maximum absolute atomic E-state index is 15.9. The van der Waals surface area contributed by atoms with E-state index in [0.717, 1.165) is 92.7 Å². The first-order valence-electron chi connectivity index (χ1n) is 16.6. The normalized spacial score (nSPS) is 23.7. The summed E-state index contributed by atoms with van der Waals surface area (Å²) < 4.78 is 38.8. The molecule has 0 amide bonds. The lowest BCUT2D eigenvalue weighted by atomic mass is 10.0. The Kier molecular flexibility index (Phi) is 6.79. The third-order valence-electron chi connectivity index (χ3n) is 10.2. The minimum absolute atomic E-state index is 0.632. The molecule has 3 nitrogen and oxygen atoms in total. The number of rotatable bonds is 6. The average molecular weight is 649 g/mol. The molecule has 0 bridgehead atoms. The first kappa shape index (κ1) is 28.8. The van der Waals surface area contributed by atoms with Crippen molar-refractivity contribution in [3.63, 3.8) is 0 Å². The molecule has 2 saturated carbocycles. The fourth-order valence-corrected chi connectivity index (χ4v) is 15.5. The van der Waals surface area contributed by atoms with Gasteiger partial charge in [-0.15, -0.1) is 0 Å². The molecule has 0 N–H and O–H groups in total. The van der Waals surface area contributed by atoms with Gasteiger partial charge in [0.15, 0.2) is 14.3 Å². The first-order chi connectivity index (χ1) is 23.1. The Bertz CT molecular complexity index is 2110. The standard InChI is InChI=1S/C42H34O3P2/c43-46(31-19-9-3-10-20-31)39(29-15-5-1-6-16-29)33-23-13-25-35(33)41(46)37-27-28-38(45-37)42-36-26-14-24-34(36)40(30-17-7-2-8-18-30)47(42,44)32-21-11-4-12-22-32/h1-12,15-22,27-28H,13-14,23-26H2. The van der Waals surface area contributed by atoms with Crippen molar-refractivity contribution in [3.8, 4) is 0 Å². The Hall–Kier alpha value is -4.42. The van der Waals surface area contributed by atoms with Gasteiger partial charge in [-0.05, 0) is 84.1 Å². The third kappa shape index (κ3) is 4.20. The van der Waals surface area contributed by atoms with Gasteiger partial charge in [-0.2, -0.15) is 0 Å². The highest BCUT2D eigenvalue weighted by molar-refractivity contribution is 7.90. The highest BCUT2D eigenvalue weighted by Gasteiger charge is 2.50. The van der Waals surface area contributed by atoms with Crippen molar-refractivity contribution in [2.45, 2.75) is 38.5 Å². The molecule has 5 heteroatoms. The van der Waals surface area contributed by atoms with E-state index in [1.807, 2.05) is 109 Å². The molecule has 0 spiro atoms. The number of hydrogen-bond donors (Lipinski definition) is 0. The number of benzene rings is 4. The quantitative estimate of drug-likeness (QED) is 0.172. The van der Waals surface area contributed by atoms with E-state index in [1.165, 1.54) is 11.1 Å². The second-order valence-corrected chi connectivity index (χ2v) is 18.1. The molecule has 2 aliphatic heterocycles. The summed E-state index contributed by atoms with van der Waals surface area (Å²) in [5.74, 6) is 1.26. The number of furan rings is 1. The lowest BCUT2D eigenvalue weighted by Gasteiger charge is -2.22. The third-order valence-corrected chi connectivity index (χ3v) is 16.9. The maximum Gasteiger partial charge on any atom is 0.175 e. The zero-order valence-electron chi connectivity index (χ0n) is 26.1. The van der Waals surface area contributed by atoms with Gasteiger partial charge in [0.1, 0.15) is 11.5 Å². The van der Waals surface area contributed by atoms with Gasteiger partial charge in [-0.3, -0.25) is 0 Å². The average Bonchev–Trinajstić information content (AvgIpc) is 3.95. The summed E-state index contributed by atoms with van der Waals surface area (Å²) >= 11 is 0. The Morgan fingerprint density at radius 1 is 0.383 bits per heavy atom. The van der Waals surface area contributed by atoms with Gasteiger partial charge < -0.3 is 13.5 Å². The predicted octanol–water partition coefficient (Wildman–Crippen LogP) is 11.3. The molecule has 230 valence electrons. The maximum atomic E-state index is 15.9. The Labute approximate surface area is 275 Å². The fraction of sp³-hybridized carbons (Fsp3) is 0.143. The smallest absolute Gasteiger partial charge is 0.175 e. The molecule has 47 heavy (non-hydrogen) atoms. The summed E-state index contributed by atoms with van der Waals surface area (Å²) in [5, 5.41) is 5.20. The number of fused-ring (bicyclic) bond motifs is 2. The summed E-state index contributed by atoms with van der Waals surface area (Å²) in [7, 11) is -6.57. The number of allylic oxidation sites excluding steroid dienone is 4. The Morgan fingerprint density at radius 2 is 0.702 bits per heavy atom. The molecule has 2 unspecified atom stereocenters. The van der Waals surface area contributed by atoms with E-state index in [2.05, 4.69) is 24.3 Å². The van der Waals surface area contributed by atoms with Crippen molar-refractivity contribution in [1.29, 1.82) is 0 Å². The van der Waals surface area contributed by atoms with E-state index in [0.29, 0.717) is 11.5 Å². The van der Waals surface area contributed by atoms with Crippen molar-refractivity contribution in [2.24, 2.45) is 0 Å². The van der Waals surface area contributed by atoms with Crippen LogP contribution in [0.25, 0.3) is 21.3 Å². The summed E-state index contributed by atoms with van der Waals surface area (Å²) in [6, 6.07) is 44.4. The molecule has 4 aromatic carbocycles. The topological polar surface area (TPSA) is 47.3 Å². The first-order valence-corrected chi connectivity index (χ1v) is 20.0. The van der Waals surface area contributed by atoms with Gasteiger partial charge in [0.05, 0.1) is 10.6 Å². The van der Waals surface area contributed by atoms with Crippen LogP contribution in [0.3, 0.4) is 0 Å². The van der Waals surface area contributed by atoms with Gasteiger partial charge >= 0.3 is 0 Å². The van der Waals surface area contributed by atoms with Gasteiger partial charge in [-0.25, -0.2) is 0 Å². The second kappa shape index (κ2) is 11.1. The molecule has 0 radical (unpaired) electrons. The molecule has 1 aromatic heterocycles. The second-order valence-electron chi connectivity index (χ2n) is 12.8. The van der Waals surface area contributed by atoms with E-state index in [1.54, 1.807) is 0 Å². The highest BCUT2D eigenvalue weighted by Crippen LogP contribution is 2.78. The van der Waals surface area contributed by atoms with Crippen LogP contribution >= 0.6 is 14.3 Å². The van der Waals surface area contributed by atoms with Gasteiger partial charge in [-0.1, -0.05) is 121 Å². The van der Waals surface area contributed by atoms with Gasteiger partial charge in [0.2, 0.25) is 0 Å². The molecule has 9 rings (SSSR count). The highest BCUT2D eigenvalue weighted by atomic mass is 31.2. The molecular formula is C42H34O3P2. The molecule has 2 aliphatic carbocycles. The van der Waals surface area contributed by atoms with Crippen LogP contribution in [0.1, 0.15) is 61.2 Å². The number of hydrogen-bond acceptors (Lipinski definition) is 3. The summed E-state index contributed by atoms with van der Waals surface area (Å²) in [6.07, 6.45) is 5.60. The molecule has 0 saturated heterocycles. The van der Waals surface area contributed by atoms with Crippen LogP contribution in [-0.4, -0.2) is 0 Å². The fourth-order valence-electron chi connectivity index (χ4n) is 8.41. The van der Waals surface area contributed by atoms with Crippen molar-refractivity contribution >= 4 is 46.1 Å². The van der Waals surface area contributed by atoms with Gasteiger partial charge in [0.25, 0.3) is 0 Å². The summed E-state index contributed by atoms with van der Waals surface area (Å²) in [6.45, 7) is 0. The van der Waals surface area contributed by atoms with Gasteiger partial charge in [0, 0.05) is 21.2 Å². The molecule has 3 heterocycles. The van der Waals surface area contributed by atoms with Crippen molar-refractivity contribution in [3.05, 3.63) is 178 Å². The SMILES string of the molecule is O=P1(c2ccccc2)C(c2ccccc2)=C2CCCC2=C1c1ccc(C2=C3CCCC3=C(c3ccccc3)P2(=O)c2ccccc2)o1. The monoisotopic (exact) mass is 648 g/mol. The minimum atomic E-state index is -3.28. The molecular weight excluding hydrogens is 614 g/mol. The largest absolute Gasteiger partial charge is 0.456 e. The molecule has 4 aliphatic rings. The van der Waals surface area contributed by atoms with E-state index in [-0.39, 0.29) is 0 Å². The summed E-state index contributed by atoms with van der Waals surface area (Å²) in [5.41, 5.74) is 6.77. The lowest BCUT2D eigenvalue weighted by molar-refractivity contribution is 0.540. The van der Waals surface area contributed by atoms with Crippen LogP contribution in [0.5, 0.6) is 0 Å². The zero-order valence-corrected chi connectivity index (χ0v) is 27.9. The van der Waals surface area contributed by atoms with E-state index >= 15 is 9.13 Å². The van der Waals surface area contributed by atoms with E-state index in [4.69, 9.17) is 4.42 Å². The van der Waals surface area contributed by atoms with Crippen LogP contribution in [0.15, 0.2) is 160 Å². The molecule has 2 fully saturated rings. The van der Waals surface area contributed by atoms with E-state index in [9.17, 15) is 0 Å². The van der Waals surface area contributed by atoms with Crippen LogP contribution in [0, 0.1) is 0 Å². The van der Waals surface area contributed by atoms with Crippen molar-refractivity contribution < 1.29 is 13.5 Å². The Morgan fingerprint density at radius 3 is 1.06 bits per heavy atom. The zero-order chi connectivity index (χ0) is 31.6. The lowest BCUT2D eigenvalue weighted by Crippen LogP contribution is -2.07. The Balaban J connectivity index is 1.25. The van der Waals surface area contributed by atoms with Crippen LogP contribution < -0.4 is 10.6 Å². The van der Waals surface area contributed by atoms with Crippen LogP contribution in [-0.2, 0) is 9.13 Å². The molecule has 5 aromatic rings. The van der Waals surface area contributed by atoms with E-state index < -0.39 is 14.3 Å².